The topological polar surface area (TPSA) is 74.5 Å². The molecule has 0 radical (unpaired) electrons. The van der Waals surface area contributed by atoms with Crippen LogP contribution >= 0.6 is 11.3 Å². The van der Waals surface area contributed by atoms with Crippen LogP contribution in [-0.2, 0) is 11.3 Å². The third kappa shape index (κ3) is 3.41. The largest absolute Gasteiger partial charge is 0.497 e. The lowest BCUT2D eigenvalue weighted by atomic mass is 10.1. The van der Waals surface area contributed by atoms with Crippen molar-refractivity contribution in [3.63, 3.8) is 0 Å². The molecule has 0 amide bonds. The Hall–Kier alpha value is -3.19. The molecule has 3 heterocycles. The fourth-order valence-corrected chi connectivity index (χ4v) is 3.44. The number of rotatable bonds is 5. The number of nitrogens with zero attached hydrogens (tertiary/aromatic N) is 2. The zero-order chi connectivity index (χ0) is 18.8. The quantitative estimate of drug-likeness (QED) is 0.470. The predicted molar refractivity (Wildman–Crippen MR) is 102 cm³/mol. The number of aryl methyl sites for hydroxylation is 1. The van der Waals surface area contributed by atoms with E-state index in [2.05, 4.69) is 10.1 Å². The van der Waals surface area contributed by atoms with Gasteiger partial charge in [-0.2, -0.15) is 0 Å². The van der Waals surface area contributed by atoms with Gasteiger partial charge in [0.15, 0.2) is 0 Å². The second-order valence-corrected chi connectivity index (χ2v) is 6.85. The highest BCUT2D eigenvalue weighted by Crippen LogP contribution is 2.30. The lowest BCUT2D eigenvalue weighted by Crippen LogP contribution is -2.07. The van der Waals surface area contributed by atoms with E-state index >= 15 is 0 Å². The van der Waals surface area contributed by atoms with E-state index in [1.807, 2.05) is 41.8 Å². The minimum Gasteiger partial charge on any atom is -0.497 e. The molecule has 0 N–H and O–H groups in total. The molecule has 0 aliphatic heterocycles. The summed E-state index contributed by atoms with van der Waals surface area (Å²) in [4.78, 5) is 18.2. The monoisotopic (exact) mass is 380 g/mol. The molecule has 0 spiro atoms. The van der Waals surface area contributed by atoms with Crippen LogP contribution in [0, 0.1) is 6.92 Å². The zero-order valence-electron chi connectivity index (χ0n) is 14.8. The molecular weight excluding hydrogens is 364 g/mol. The Kier molecular flexibility index (Phi) is 4.60. The van der Waals surface area contributed by atoms with Crippen molar-refractivity contribution in [3.8, 4) is 16.3 Å². The van der Waals surface area contributed by atoms with Gasteiger partial charge in [-0.25, -0.2) is 9.78 Å². The molecule has 1 aromatic carbocycles. The van der Waals surface area contributed by atoms with E-state index in [1.165, 1.54) is 11.3 Å². The van der Waals surface area contributed by atoms with Gasteiger partial charge in [0, 0.05) is 0 Å². The van der Waals surface area contributed by atoms with Gasteiger partial charge in [0.2, 0.25) is 0 Å². The van der Waals surface area contributed by atoms with Crippen LogP contribution in [0.3, 0.4) is 0 Å². The van der Waals surface area contributed by atoms with Crippen LogP contribution in [0.5, 0.6) is 5.75 Å². The van der Waals surface area contributed by atoms with E-state index in [-0.39, 0.29) is 6.61 Å². The van der Waals surface area contributed by atoms with E-state index in [1.54, 1.807) is 20.1 Å². The van der Waals surface area contributed by atoms with Gasteiger partial charge in [-0.15, -0.1) is 11.3 Å². The number of benzene rings is 1. The second-order valence-electron chi connectivity index (χ2n) is 5.90. The highest BCUT2D eigenvalue weighted by Gasteiger charge is 2.20. The zero-order valence-corrected chi connectivity index (χ0v) is 15.6. The Morgan fingerprint density at radius 3 is 2.74 bits per heavy atom. The van der Waals surface area contributed by atoms with Crippen LogP contribution in [0.2, 0.25) is 0 Å². The minimum atomic E-state index is -0.442. The van der Waals surface area contributed by atoms with Crippen molar-refractivity contribution in [2.45, 2.75) is 13.5 Å². The summed E-state index contributed by atoms with van der Waals surface area (Å²) in [6, 6.07) is 13.0. The van der Waals surface area contributed by atoms with Crippen LogP contribution in [0.25, 0.3) is 21.7 Å². The maximum atomic E-state index is 12.8. The Labute approximate surface area is 159 Å². The molecule has 0 unspecified atom stereocenters. The molecule has 7 heteroatoms. The highest BCUT2D eigenvalue weighted by atomic mass is 32.1. The van der Waals surface area contributed by atoms with Gasteiger partial charge < -0.3 is 14.0 Å². The first kappa shape index (κ1) is 17.2. The Balaban J connectivity index is 1.64. The van der Waals surface area contributed by atoms with Crippen LogP contribution in [0.15, 0.2) is 52.4 Å². The average Bonchev–Trinajstić information content (AvgIpc) is 3.36. The molecule has 0 atom stereocenters. The van der Waals surface area contributed by atoms with E-state index in [9.17, 15) is 4.79 Å². The summed E-state index contributed by atoms with van der Waals surface area (Å²) in [6.45, 7) is 1.93. The molecule has 4 rings (SSSR count). The van der Waals surface area contributed by atoms with Gasteiger partial charge in [-0.1, -0.05) is 23.4 Å². The van der Waals surface area contributed by atoms with Crippen molar-refractivity contribution in [1.29, 1.82) is 0 Å². The number of pyridine rings is 1. The fraction of sp³-hybridized carbons (Fsp3) is 0.150. The highest BCUT2D eigenvalue weighted by molar-refractivity contribution is 7.13. The third-order valence-electron chi connectivity index (χ3n) is 4.14. The SMILES string of the molecule is COc1ccc(COC(=O)c2cc(-c3cccs3)nc3onc(C)c23)cc1. The third-order valence-corrected chi connectivity index (χ3v) is 5.03. The first-order chi connectivity index (χ1) is 13.2. The number of ether oxygens (including phenoxy) is 2. The van der Waals surface area contributed by atoms with Crippen molar-refractivity contribution in [2.24, 2.45) is 0 Å². The molecule has 0 aliphatic rings. The van der Waals surface area contributed by atoms with E-state index in [0.29, 0.717) is 28.1 Å². The van der Waals surface area contributed by atoms with Crippen LogP contribution < -0.4 is 4.74 Å². The fourth-order valence-electron chi connectivity index (χ4n) is 2.75. The first-order valence-corrected chi connectivity index (χ1v) is 9.14. The van der Waals surface area contributed by atoms with Crippen molar-refractivity contribution < 1.29 is 18.8 Å². The molecule has 0 bridgehead atoms. The molecule has 0 fully saturated rings. The number of esters is 1. The van der Waals surface area contributed by atoms with Crippen molar-refractivity contribution in [1.82, 2.24) is 10.1 Å². The molecule has 0 aliphatic carbocycles. The molecule has 0 saturated heterocycles. The number of hydrogen-bond acceptors (Lipinski definition) is 7. The van der Waals surface area contributed by atoms with Gasteiger partial charge in [0.1, 0.15) is 12.4 Å². The summed E-state index contributed by atoms with van der Waals surface area (Å²) >= 11 is 1.54. The average molecular weight is 380 g/mol. The summed E-state index contributed by atoms with van der Waals surface area (Å²) in [5.41, 5.74) is 2.86. The second kappa shape index (κ2) is 7.20. The lowest BCUT2D eigenvalue weighted by Gasteiger charge is -2.08. The number of thiophene rings is 1. The number of hydrogen-bond donors (Lipinski definition) is 0. The summed E-state index contributed by atoms with van der Waals surface area (Å²) in [7, 11) is 1.61. The van der Waals surface area contributed by atoms with Gasteiger partial charge >= 0.3 is 5.97 Å². The predicted octanol–water partition coefficient (Wildman–Crippen LogP) is 4.63. The minimum absolute atomic E-state index is 0.158. The van der Waals surface area contributed by atoms with E-state index in [4.69, 9.17) is 14.0 Å². The van der Waals surface area contributed by atoms with E-state index in [0.717, 1.165) is 16.2 Å². The normalized spacial score (nSPS) is 10.9. The van der Waals surface area contributed by atoms with Gasteiger partial charge in [0.25, 0.3) is 5.71 Å². The lowest BCUT2D eigenvalue weighted by molar-refractivity contribution is 0.0475. The Bertz CT molecular complexity index is 1090. The van der Waals surface area contributed by atoms with E-state index < -0.39 is 5.97 Å². The number of methoxy groups -OCH3 is 1. The van der Waals surface area contributed by atoms with Gasteiger partial charge in [0.05, 0.1) is 34.3 Å². The molecule has 136 valence electrons. The molecule has 27 heavy (non-hydrogen) atoms. The maximum Gasteiger partial charge on any atom is 0.339 e. The van der Waals surface area contributed by atoms with Gasteiger partial charge in [-0.3, -0.25) is 0 Å². The molecule has 0 saturated carbocycles. The summed E-state index contributed by atoms with van der Waals surface area (Å²) in [6.07, 6.45) is 0. The van der Waals surface area contributed by atoms with Crippen LogP contribution in [0.1, 0.15) is 21.6 Å². The first-order valence-electron chi connectivity index (χ1n) is 8.26. The number of carbonyl (C=O) groups excluding carboxylic acids is 1. The molecule has 4 aromatic rings. The maximum absolute atomic E-state index is 12.8. The molecule has 6 nitrogen and oxygen atoms in total. The smallest absolute Gasteiger partial charge is 0.339 e. The summed E-state index contributed by atoms with van der Waals surface area (Å²) in [5.74, 6) is 0.309. The van der Waals surface area contributed by atoms with Crippen molar-refractivity contribution in [2.75, 3.05) is 7.11 Å². The summed E-state index contributed by atoms with van der Waals surface area (Å²) < 4.78 is 15.9. The standard InChI is InChI=1S/C20H16N2O4S/c1-12-18-15(20(23)25-11-13-5-7-14(24-2)8-6-13)10-16(17-4-3-9-27-17)21-19(18)26-22-12/h3-10H,11H2,1-2H3. The number of aromatic nitrogens is 2. The van der Waals surface area contributed by atoms with Crippen molar-refractivity contribution in [3.05, 3.63) is 64.7 Å². The summed E-state index contributed by atoms with van der Waals surface area (Å²) in [5, 5.41) is 6.47. The number of carbonyl (C=O) groups is 1. The van der Waals surface area contributed by atoms with Crippen LogP contribution in [-0.4, -0.2) is 23.2 Å². The van der Waals surface area contributed by atoms with Crippen molar-refractivity contribution >= 4 is 28.4 Å². The number of fused-ring (bicyclic) bond motifs is 1. The molecule has 3 aromatic heterocycles. The molecular formula is C20H16N2O4S. The Morgan fingerprint density at radius 1 is 1.22 bits per heavy atom. The Morgan fingerprint density at radius 2 is 2.04 bits per heavy atom. The van der Waals surface area contributed by atoms with Crippen LogP contribution in [0.4, 0.5) is 0 Å². The van der Waals surface area contributed by atoms with Gasteiger partial charge in [-0.05, 0) is 42.1 Å².